The molecule has 0 spiro atoms. The monoisotopic (exact) mass is 377 g/mol. The second kappa shape index (κ2) is 7.25. The number of carbonyl (C=O) groups excluding carboxylic acids is 2. The van der Waals surface area contributed by atoms with Gasteiger partial charge >= 0.3 is 0 Å². The fraction of sp³-hybridized carbons (Fsp3) is 0.235. The molecule has 0 radical (unpaired) electrons. The highest BCUT2D eigenvalue weighted by Gasteiger charge is 2.41. The Hall–Kier alpha value is -2.38. The number of hydrogen-bond donors (Lipinski definition) is 1. The molecule has 8 heteroatoms. The van der Waals surface area contributed by atoms with Gasteiger partial charge in [-0.1, -0.05) is 11.6 Å². The second-order valence-corrected chi connectivity index (χ2v) is 6.46. The zero-order valence-electron chi connectivity index (χ0n) is 13.4. The summed E-state index contributed by atoms with van der Waals surface area (Å²) in [6.45, 7) is 0.334. The molecule has 0 aliphatic carbocycles. The molecule has 2 heterocycles. The molecule has 1 fully saturated rings. The minimum Gasteiger partial charge on any atom is -0.467 e. The summed E-state index contributed by atoms with van der Waals surface area (Å²) < 4.78 is 5.33. The molecule has 2 aromatic rings. The Kier molecular flexibility index (Phi) is 5.06. The van der Waals surface area contributed by atoms with Crippen LogP contribution in [0.15, 0.2) is 47.1 Å². The van der Waals surface area contributed by atoms with E-state index in [0.29, 0.717) is 28.1 Å². The Bertz CT molecular complexity index is 792. The number of nitrogens with zero attached hydrogens (tertiary/aromatic N) is 2. The van der Waals surface area contributed by atoms with Gasteiger partial charge < -0.3 is 14.6 Å². The molecule has 1 N–H and O–H groups in total. The normalized spacial score (nSPS) is 17.3. The van der Waals surface area contributed by atoms with Gasteiger partial charge in [-0.05, 0) is 48.6 Å². The standard InChI is InChI=1S/C17H16ClN3O3S/c1-20-16(23)14(21(17(20)25)10-13-3-2-8-24-13)9-15(22)19-12-6-4-11(18)5-7-12/h2-8,14H,9-10H2,1H3,(H,19,22). The molecule has 1 saturated heterocycles. The van der Waals surface area contributed by atoms with Crippen LogP contribution >= 0.6 is 23.8 Å². The number of amides is 2. The van der Waals surface area contributed by atoms with E-state index in [1.807, 2.05) is 0 Å². The van der Waals surface area contributed by atoms with Gasteiger partial charge in [0.15, 0.2) is 5.11 Å². The van der Waals surface area contributed by atoms with E-state index in [9.17, 15) is 9.59 Å². The summed E-state index contributed by atoms with van der Waals surface area (Å²) in [4.78, 5) is 27.9. The molecule has 130 valence electrons. The molecular weight excluding hydrogens is 362 g/mol. The number of likely N-dealkylation sites (N-methyl/N-ethyl adjacent to an activating group) is 1. The van der Waals surface area contributed by atoms with E-state index in [-0.39, 0.29) is 18.2 Å². The Morgan fingerprint density at radius 3 is 2.68 bits per heavy atom. The van der Waals surface area contributed by atoms with Gasteiger partial charge in [0.25, 0.3) is 5.91 Å². The average Bonchev–Trinajstić information content (AvgIpc) is 3.17. The van der Waals surface area contributed by atoms with Crippen molar-refractivity contribution in [3.05, 3.63) is 53.4 Å². The lowest BCUT2D eigenvalue weighted by Gasteiger charge is -2.22. The van der Waals surface area contributed by atoms with Crippen LogP contribution in [-0.2, 0) is 16.1 Å². The maximum Gasteiger partial charge on any atom is 0.251 e. The first-order valence-corrected chi connectivity index (χ1v) is 8.40. The fourth-order valence-electron chi connectivity index (χ4n) is 2.64. The van der Waals surface area contributed by atoms with Crippen LogP contribution in [0.1, 0.15) is 12.2 Å². The fourth-order valence-corrected chi connectivity index (χ4v) is 3.05. The van der Waals surface area contributed by atoms with Gasteiger partial charge in [0.05, 0.1) is 19.2 Å². The number of furan rings is 1. The molecule has 0 saturated carbocycles. The van der Waals surface area contributed by atoms with Crippen molar-refractivity contribution in [2.75, 3.05) is 12.4 Å². The number of hydrogen-bond acceptors (Lipinski definition) is 4. The van der Waals surface area contributed by atoms with Gasteiger partial charge in [-0.25, -0.2) is 0 Å². The first-order chi connectivity index (χ1) is 12.0. The molecule has 3 rings (SSSR count). The van der Waals surface area contributed by atoms with Crippen LogP contribution in [0.5, 0.6) is 0 Å². The summed E-state index contributed by atoms with van der Waals surface area (Å²) in [5.41, 5.74) is 0.619. The summed E-state index contributed by atoms with van der Waals surface area (Å²) >= 11 is 11.2. The lowest BCUT2D eigenvalue weighted by Crippen LogP contribution is -2.37. The molecule has 25 heavy (non-hydrogen) atoms. The van der Waals surface area contributed by atoms with Crippen molar-refractivity contribution < 1.29 is 14.0 Å². The first-order valence-electron chi connectivity index (χ1n) is 7.61. The van der Waals surface area contributed by atoms with E-state index < -0.39 is 6.04 Å². The maximum atomic E-state index is 12.5. The summed E-state index contributed by atoms with van der Waals surface area (Å²) in [6, 6.07) is 9.68. The van der Waals surface area contributed by atoms with Crippen molar-refractivity contribution in [2.45, 2.75) is 19.0 Å². The quantitative estimate of drug-likeness (QED) is 0.811. The molecule has 2 amide bonds. The van der Waals surface area contributed by atoms with Crippen molar-refractivity contribution in [3.63, 3.8) is 0 Å². The Morgan fingerprint density at radius 2 is 2.04 bits per heavy atom. The number of thiocarbonyl (C=S) groups is 1. The van der Waals surface area contributed by atoms with E-state index in [2.05, 4.69) is 5.32 Å². The van der Waals surface area contributed by atoms with Crippen LogP contribution in [0.25, 0.3) is 0 Å². The molecule has 0 bridgehead atoms. The van der Waals surface area contributed by atoms with Crippen LogP contribution in [-0.4, -0.2) is 39.8 Å². The zero-order valence-corrected chi connectivity index (χ0v) is 15.0. The smallest absolute Gasteiger partial charge is 0.251 e. The van der Waals surface area contributed by atoms with E-state index in [1.165, 1.54) is 4.90 Å². The molecule has 1 aliphatic rings. The minimum absolute atomic E-state index is 0.00729. The number of carbonyl (C=O) groups is 2. The third-order valence-electron chi connectivity index (χ3n) is 3.94. The van der Waals surface area contributed by atoms with E-state index in [4.69, 9.17) is 28.2 Å². The van der Waals surface area contributed by atoms with Gasteiger partial charge in [-0.15, -0.1) is 0 Å². The Balaban J connectivity index is 1.71. The minimum atomic E-state index is -0.657. The largest absolute Gasteiger partial charge is 0.467 e. The topological polar surface area (TPSA) is 65.8 Å². The molecule has 1 atom stereocenters. The highest BCUT2D eigenvalue weighted by atomic mass is 35.5. The number of rotatable bonds is 5. The van der Waals surface area contributed by atoms with Crippen molar-refractivity contribution in [1.82, 2.24) is 9.80 Å². The van der Waals surface area contributed by atoms with Gasteiger partial charge in [0, 0.05) is 17.8 Å². The maximum absolute atomic E-state index is 12.5. The van der Waals surface area contributed by atoms with Gasteiger partial charge in [0.2, 0.25) is 5.91 Å². The van der Waals surface area contributed by atoms with Crippen molar-refractivity contribution in [3.8, 4) is 0 Å². The van der Waals surface area contributed by atoms with Crippen LogP contribution in [0, 0.1) is 0 Å². The third-order valence-corrected chi connectivity index (χ3v) is 4.70. The Morgan fingerprint density at radius 1 is 1.32 bits per heavy atom. The lowest BCUT2D eigenvalue weighted by molar-refractivity contribution is -0.130. The number of halogens is 1. The van der Waals surface area contributed by atoms with E-state index >= 15 is 0 Å². The summed E-state index contributed by atoms with van der Waals surface area (Å²) in [7, 11) is 1.61. The first kappa shape index (κ1) is 17.4. The predicted molar refractivity (Wildman–Crippen MR) is 98.1 cm³/mol. The van der Waals surface area contributed by atoms with Gasteiger partial charge in [0.1, 0.15) is 11.8 Å². The molecule has 1 unspecified atom stereocenters. The molecule has 1 aromatic carbocycles. The van der Waals surface area contributed by atoms with E-state index in [0.717, 1.165) is 0 Å². The summed E-state index contributed by atoms with van der Waals surface area (Å²) in [5.74, 6) is 0.194. The number of benzene rings is 1. The van der Waals surface area contributed by atoms with Gasteiger partial charge in [-0.2, -0.15) is 0 Å². The highest BCUT2D eigenvalue weighted by Crippen LogP contribution is 2.23. The third kappa shape index (κ3) is 3.83. The van der Waals surface area contributed by atoms with Crippen LogP contribution in [0.2, 0.25) is 5.02 Å². The SMILES string of the molecule is CN1C(=O)C(CC(=O)Nc2ccc(Cl)cc2)N(Cc2ccco2)C1=S. The van der Waals surface area contributed by atoms with Crippen molar-refractivity contribution in [2.24, 2.45) is 0 Å². The predicted octanol–water partition coefficient (Wildman–Crippen LogP) is 2.89. The molecular formula is C17H16ClN3O3S. The molecule has 1 aliphatic heterocycles. The highest BCUT2D eigenvalue weighted by molar-refractivity contribution is 7.80. The van der Waals surface area contributed by atoms with E-state index in [1.54, 1.807) is 54.6 Å². The zero-order chi connectivity index (χ0) is 18.0. The lowest BCUT2D eigenvalue weighted by atomic mass is 10.1. The van der Waals surface area contributed by atoms with Crippen molar-refractivity contribution >= 4 is 46.4 Å². The van der Waals surface area contributed by atoms with Crippen molar-refractivity contribution in [1.29, 1.82) is 0 Å². The van der Waals surface area contributed by atoms with Crippen LogP contribution < -0.4 is 5.32 Å². The summed E-state index contributed by atoms with van der Waals surface area (Å²) in [5, 5.41) is 3.73. The molecule has 6 nitrogen and oxygen atoms in total. The summed E-state index contributed by atoms with van der Waals surface area (Å²) in [6.07, 6.45) is 1.55. The van der Waals surface area contributed by atoms with Crippen LogP contribution in [0.3, 0.4) is 0 Å². The Labute approximate surface area is 155 Å². The average molecular weight is 378 g/mol. The van der Waals surface area contributed by atoms with Gasteiger partial charge in [-0.3, -0.25) is 14.5 Å². The number of nitrogens with one attached hydrogen (secondary N) is 1. The molecule has 1 aromatic heterocycles. The van der Waals surface area contributed by atoms with Crippen LogP contribution in [0.4, 0.5) is 5.69 Å². The number of anilines is 1. The second-order valence-electron chi connectivity index (χ2n) is 5.66.